The second kappa shape index (κ2) is 6.66. The summed E-state index contributed by atoms with van der Waals surface area (Å²) in [4.78, 5) is 25.3. The van der Waals surface area contributed by atoms with E-state index >= 15 is 0 Å². The third-order valence-electron chi connectivity index (χ3n) is 3.91. The molecule has 2 aromatic carbocycles. The average Bonchev–Trinajstić information content (AvgIpc) is 2.86. The van der Waals surface area contributed by atoms with Crippen molar-refractivity contribution in [2.45, 2.75) is 6.42 Å². The molecule has 3 rings (SSSR count). The first kappa shape index (κ1) is 15.9. The van der Waals surface area contributed by atoms with Crippen molar-refractivity contribution in [1.29, 1.82) is 0 Å². The first-order valence-corrected chi connectivity index (χ1v) is 7.53. The van der Waals surface area contributed by atoms with Crippen LogP contribution in [0.15, 0.2) is 60.4 Å². The van der Waals surface area contributed by atoms with Crippen molar-refractivity contribution in [3.63, 3.8) is 0 Å². The highest BCUT2D eigenvalue weighted by Gasteiger charge is 2.35. The van der Waals surface area contributed by atoms with Gasteiger partial charge in [0, 0.05) is 0 Å². The lowest BCUT2D eigenvalue weighted by molar-refractivity contribution is 0.0660. The number of halogens is 1. The van der Waals surface area contributed by atoms with Gasteiger partial charge >= 0.3 is 0 Å². The van der Waals surface area contributed by atoms with Crippen LogP contribution in [-0.4, -0.2) is 30.4 Å². The molecule has 0 unspecified atom stereocenters. The Bertz CT molecular complexity index is 777. The van der Waals surface area contributed by atoms with Crippen LogP contribution in [0.1, 0.15) is 26.3 Å². The van der Waals surface area contributed by atoms with E-state index < -0.39 is 17.6 Å². The number of hydrogen-bond donors (Lipinski definition) is 0. The number of ether oxygens (including phenoxy) is 1. The van der Waals surface area contributed by atoms with Crippen LogP contribution in [0.4, 0.5) is 4.39 Å². The van der Waals surface area contributed by atoms with E-state index in [0.717, 1.165) is 16.2 Å². The number of hydrogen-bond acceptors (Lipinski definition) is 3. The molecule has 0 fully saturated rings. The number of amides is 2. The van der Waals surface area contributed by atoms with Crippen molar-refractivity contribution in [2.75, 3.05) is 13.7 Å². The van der Waals surface area contributed by atoms with Gasteiger partial charge in [-0.1, -0.05) is 24.3 Å². The Kier molecular flexibility index (Phi) is 4.42. The summed E-state index contributed by atoms with van der Waals surface area (Å²) in [6, 6.07) is 13.8. The predicted molar refractivity (Wildman–Crippen MR) is 87.7 cm³/mol. The normalized spacial score (nSPS) is 14.1. The van der Waals surface area contributed by atoms with Crippen LogP contribution in [0.3, 0.4) is 0 Å². The number of methoxy groups -OCH3 is 1. The summed E-state index contributed by atoms with van der Waals surface area (Å²) < 4.78 is 19.2. The third kappa shape index (κ3) is 3.06. The van der Waals surface area contributed by atoms with Crippen LogP contribution < -0.4 is 4.74 Å². The van der Waals surface area contributed by atoms with Crippen molar-refractivity contribution < 1.29 is 18.7 Å². The van der Waals surface area contributed by atoms with Crippen LogP contribution in [0.25, 0.3) is 0 Å². The van der Waals surface area contributed by atoms with Crippen LogP contribution in [0, 0.1) is 0 Å². The quantitative estimate of drug-likeness (QED) is 0.792. The Morgan fingerprint density at radius 1 is 1.04 bits per heavy atom. The molecule has 5 heteroatoms. The molecule has 2 aromatic rings. The van der Waals surface area contributed by atoms with E-state index in [9.17, 15) is 14.0 Å². The highest BCUT2D eigenvalue weighted by molar-refractivity contribution is 6.21. The molecular weight excluding hydrogens is 309 g/mol. The summed E-state index contributed by atoms with van der Waals surface area (Å²) in [5.41, 5.74) is 1.56. The molecule has 0 radical (unpaired) electrons. The number of carbonyl (C=O) groups excluding carboxylic acids is 2. The van der Waals surface area contributed by atoms with Gasteiger partial charge in [-0.05, 0) is 42.3 Å². The van der Waals surface area contributed by atoms with Gasteiger partial charge < -0.3 is 4.74 Å². The van der Waals surface area contributed by atoms with Crippen molar-refractivity contribution in [3.8, 4) is 5.75 Å². The van der Waals surface area contributed by atoms with Crippen molar-refractivity contribution >= 4 is 11.8 Å². The number of allylic oxidation sites excluding steroid dienone is 1. The third-order valence-corrected chi connectivity index (χ3v) is 3.91. The highest BCUT2D eigenvalue weighted by Crippen LogP contribution is 2.23. The lowest BCUT2D eigenvalue weighted by atomic mass is 10.1. The van der Waals surface area contributed by atoms with Gasteiger partial charge in [0.2, 0.25) is 0 Å². The van der Waals surface area contributed by atoms with Crippen LogP contribution in [0.2, 0.25) is 0 Å². The minimum atomic E-state index is -0.514. The smallest absolute Gasteiger partial charge is 0.261 e. The Morgan fingerprint density at radius 3 is 2.17 bits per heavy atom. The highest BCUT2D eigenvalue weighted by atomic mass is 19.1. The summed E-state index contributed by atoms with van der Waals surface area (Å²) in [6.07, 6.45) is 1.75. The molecule has 1 heterocycles. The maximum absolute atomic E-state index is 14.1. The van der Waals surface area contributed by atoms with Gasteiger partial charge in [-0.25, -0.2) is 4.39 Å². The molecule has 0 bridgehead atoms. The van der Waals surface area contributed by atoms with Gasteiger partial charge in [0.25, 0.3) is 11.8 Å². The molecule has 1 aliphatic rings. The fourth-order valence-corrected chi connectivity index (χ4v) is 2.59. The second-order valence-electron chi connectivity index (χ2n) is 5.45. The van der Waals surface area contributed by atoms with Gasteiger partial charge in [0.1, 0.15) is 11.6 Å². The van der Waals surface area contributed by atoms with Gasteiger partial charge in [0.05, 0.1) is 24.8 Å². The Morgan fingerprint density at radius 2 is 1.62 bits per heavy atom. The SMILES string of the molecule is COc1ccc(CC=C(F)CN2C(=O)c3ccccc3C2=O)cc1. The lowest BCUT2D eigenvalue weighted by Gasteiger charge is -2.12. The molecule has 0 saturated carbocycles. The number of benzene rings is 2. The van der Waals surface area contributed by atoms with Crippen molar-refractivity contribution in [1.82, 2.24) is 4.90 Å². The molecule has 24 heavy (non-hydrogen) atoms. The summed E-state index contributed by atoms with van der Waals surface area (Å²) in [6.45, 7) is -0.345. The van der Waals surface area contributed by atoms with E-state index in [1.165, 1.54) is 6.08 Å². The van der Waals surface area contributed by atoms with Gasteiger partial charge in [-0.15, -0.1) is 0 Å². The van der Waals surface area contributed by atoms with Crippen LogP contribution >= 0.6 is 0 Å². The van der Waals surface area contributed by atoms with Gasteiger partial charge in [0.15, 0.2) is 0 Å². The first-order valence-electron chi connectivity index (χ1n) is 7.53. The molecule has 4 nitrogen and oxygen atoms in total. The van der Waals surface area contributed by atoms with Crippen LogP contribution in [0.5, 0.6) is 5.75 Å². The lowest BCUT2D eigenvalue weighted by Crippen LogP contribution is -2.31. The monoisotopic (exact) mass is 325 g/mol. The van der Waals surface area contributed by atoms with E-state index in [0.29, 0.717) is 17.5 Å². The van der Waals surface area contributed by atoms with Crippen molar-refractivity contribution in [2.24, 2.45) is 0 Å². The zero-order valence-electron chi connectivity index (χ0n) is 13.2. The second-order valence-corrected chi connectivity index (χ2v) is 5.45. The average molecular weight is 325 g/mol. The van der Waals surface area contributed by atoms with Gasteiger partial charge in [-0.2, -0.15) is 0 Å². The minimum absolute atomic E-state index is 0.324. The first-order chi connectivity index (χ1) is 11.6. The molecule has 0 aliphatic carbocycles. The molecule has 0 atom stereocenters. The van der Waals surface area contributed by atoms with E-state index in [-0.39, 0.29) is 6.54 Å². The summed E-state index contributed by atoms with van der Waals surface area (Å²) in [5.74, 6) is -0.693. The van der Waals surface area contributed by atoms with E-state index in [1.54, 1.807) is 43.5 Å². The molecular formula is C19H16FNO3. The number of nitrogens with zero attached hydrogens (tertiary/aromatic N) is 1. The van der Waals surface area contributed by atoms with E-state index in [1.807, 2.05) is 12.1 Å². The number of carbonyl (C=O) groups is 2. The standard InChI is InChI=1S/C19H16FNO3/c1-24-15-10-7-13(8-11-15)6-9-14(20)12-21-18(22)16-4-2-3-5-17(16)19(21)23/h2-5,7-11H,6,12H2,1H3. The van der Waals surface area contributed by atoms with E-state index in [2.05, 4.69) is 0 Å². The molecule has 2 amide bonds. The number of rotatable bonds is 5. The number of imide groups is 1. The molecule has 1 aliphatic heterocycles. The Hall–Kier alpha value is -2.95. The fourth-order valence-electron chi connectivity index (χ4n) is 2.59. The topological polar surface area (TPSA) is 46.6 Å². The summed E-state index contributed by atoms with van der Waals surface area (Å²) in [5, 5.41) is 0. The van der Waals surface area contributed by atoms with Crippen LogP contribution in [-0.2, 0) is 6.42 Å². The summed E-state index contributed by atoms with van der Waals surface area (Å²) >= 11 is 0. The number of fused-ring (bicyclic) bond motifs is 1. The van der Waals surface area contributed by atoms with Crippen molar-refractivity contribution in [3.05, 3.63) is 77.1 Å². The zero-order chi connectivity index (χ0) is 17.1. The van der Waals surface area contributed by atoms with Gasteiger partial charge in [-0.3, -0.25) is 14.5 Å². The largest absolute Gasteiger partial charge is 0.497 e. The molecule has 0 spiro atoms. The molecule has 0 saturated heterocycles. The molecule has 122 valence electrons. The Labute approximate surface area is 139 Å². The van der Waals surface area contributed by atoms with E-state index in [4.69, 9.17) is 4.74 Å². The molecule has 0 N–H and O–H groups in total. The Balaban J connectivity index is 1.67. The maximum atomic E-state index is 14.1. The molecule has 0 aromatic heterocycles. The minimum Gasteiger partial charge on any atom is -0.497 e. The fraction of sp³-hybridized carbons (Fsp3) is 0.158. The zero-order valence-corrected chi connectivity index (χ0v) is 13.2. The summed E-state index contributed by atoms with van der Waals surface area (Å²) in [7, 11) is 1.58. The maximum Gasteiger partial charge on any atom is 0.261 e. The predicted octanol–water partition coefficient (Wildman–Crippen LogP) is 3.39.